The Hall–Kier alpha value is -1.20. The van der Waals surface area contributed by atoms with Crippen molar-refractivity contribution in [1.29, 1.82) is 0 Å². The van der Waals surface area contributed by atoms with Crippen molar-refractivity contribution in [2.45, 2.75) is 38.3 Å². The van der Waals surface area contributed by atoms with Crippen LogP contribution in [0.5, 0.6) is 0 Å². The Morgan fingerprint density at radius 2 is 2.00 bits per heavy atom. The van der Waals surface area contributed by atoms with Crippen molar-refractivity contribution in [2.75, 3.05) is 13.1 Å². The average Bonchev–Trinajstić information content (AvgIpc) is 2.98. The molecule has 5 rings (SSSR count). The van der Waals surface area contributed by atoms with Crippen molar-refractivity contribution in [3.05, 3.63) is 34.3 Å². The topological polar surface area (TPSA) is 37.1 Å². The minimum absolute atomic E-state index is 0.0775. The Labute approximate surface area is 139 Å². The maximum atomic E-state index is 12.4. The predicted octanol–water partition coefficient (Wildman–Crippen LogP) is 1.78. The summed E-state index contributed by atoms with van der Waals surface area (Å²) in [4.78, 5) is 14.1. The van der Waals surface area contributed by atoms with E-state index in [4.69, 9.17) is 5.10 Å². The van der Waals surface area contributed by atoms with Gasteiger partial charge in [-0.3, -0.25) is 4.79 Å². The van der Waals surface area contributed by atoms with Crippen LogP contribution in [-0.4, -0.2) is 35.8 Å². The second-order valence-electron chi connectivity index (χ2n) is 6.52. The molecule has 3 fully saturated rings. The molecule has 4 heterocycles. The Bertz CT molecular complexity index is 619. The number of hydrazone groups is 1. The summed E-state index contributed by atoms with van der Waals surface area (Å²) >= 11 is 3.50. The van der Waals surface area contributed by atoms with Crippen molar-refractivity contribution >= 4 is 27.5 Å². The number of hydrogen-bond donors (Lipinski definition) is 1. The molecule has 1 N–H and O–H groups in total. The predicted molar refractivity (Wildman–Crippen MR) is 88.7 cm³/mol. The SMILES string of the molecule is CCC(=O)N1N=C2C3CC[NH+](CC3)[C@H]2[C@H]1c1ccc(Br)cc1. The number of carbonyl (C=O) groups is 1. The first-order valence-electron chi connectivity index (χ1n) is 8.19. The monoisotopic (exact) mass is 362 g/mol. The molecule has 4 aliphatic rings. The van der Waals surface area contributed by atoms with Gasteiger partial charge in [0.15, 0.2) is 6.04 Å². The average molecular weight is 363 g/mol. The summed E-state index contributed by atoms with van der Waals surface area (Å²) in [6.45, 7) is 4.36. The Morgan fingerprint density at radius 1 is 1.32 bits per heavy atom. The molecule has 0 radical (unpaired) electrons. The molecule has 4 aliphatic heterocycles. The second-order valence-corrected chi connectivity index (χ2v) is 7.44. The second kappa shape index (κ2) is 5.46. The van der Waals surface area contributed by atoms with Gasteiger partial charge in [-0.25, -0.2) is 5.01 Å². The zero-order chi connectivity index (χ0) is 15.3. The molecular weight excluding hydrogens is 342 g/mol. The van der Waals surface area contributed by atoms with E-state index >= 15 is 0 Å². The highest BCUT2D eigenvalue weighted by Crippen LogP contribution is 2.37. The molecule has 116 valence electrons. The first-order valence-corrected chi connectivity index (χ1v) is 8.99. The van der Waals surface area contributed by atoms with E-state index in [1.807, 2.05) is 6.92 Å². The number of carbonyl (C=O) groups excluding carboxylic acids is 1. The highest BCUT2D eigenvalue weighted by molar-refractivity contribution is 9.10. The van der Waals surface area contributed by atoms with E-state index in [-0.39, 0.29) is 11.9 Å². The number of hydrogen-bond acceptors (Lipinski definition) is 2. The number of quaternary nitrogens is 1. The van der Waals surface area contributed by atoms with E-state index in [1.54, 1.807) is 9.91 Å². The number of piperidine rings is 3. The fourth-order valence-corrected chi connectivity index (χ4v) is 4.55. The zero-order valence-electron chi connectivity index (χ0n) is 12.8. The van der Waals surface area contributed by atoms with Crippen molar-refractivity contribution in [2.24, 2.45) is 11.0 Å². The van der Waals surface area contributed by atoms with Crippen LogP contribution < -0.4 is 4.90 Å². The summed E-state index contributed by atoms with van der Waals surface area (Å²) in [5.41, 5.74) is 2.48. The van der Waals surface area contributed by atoms with E-state index in [2.05, 4.69) is 40.2 Å². The van der Waals surface area contributed by atoms with Crippen LogP contribution in [0.1, 0.15) is 37.8 Å². The van der Waals surface area contributed by atoms with E-state index in [9.17, 15) is 4.79 Å². The smallest absolute Gasteiger partial charge is 0.243 e. The lowest BCUT2D eigenvalue weighted by atomic mass is 9.78. The maximum absolute atomic E-state index is 12.4. The molecule has 0 unspecified atom stereocenters. The minimum atomic E-state index is 0.0775. The minimum Gasteiger partial charge on any atom is -0.326 e. The van der Waals surface area contributed by atoms with Crippen LogP contribution in [-0.2, 0) is 4.79 Å². The first-order chi connectivity index (χ1) is 10.7. The van der Waals surface area contributed by atoms with Crippen LogP contribution in [0.3, 0.4) is 0 Å². The van der Waals surface area contributed by atoms with Crippen LogP contribution in [0.25, 0.3) is 0 Å². The lowest BCUT2D eigenvalue weighted by Crippen LogP contribution is -3.20. The van der Waals surface area contributed by atoms with Gasteiger partial charge in [0, 0.05) is 29.7 Å². The van der Waals surface area contributed by atoms with Gasteiger partial charge in [0.2, 0.25) is 5.91 Å². The molecule has 5 heteroatoms. The van der Waals surface area contributed by atoms with Gasteiger partial charge >= 0.3 is 0 Å². The summed E-state index contributed by atoms with van der Waals surface area (Å²) in [7, 11) is 0. The Morgan fingerprint density at radius 3 is 2.64 bits per heavy atom. The van der Waals surface area contributed by atoms with Gasteiger partial charge in [0.25, 0.3) is 0 Å². The molecular formula is C17H21BrN3O+. The lowest BCUT2D eigenvalue weighted by molar-refractivity contribution is -0.927. The summed E-state index contributed by atoms with van der Waals surface area (Å²) in [5.74, 6) is 0.727. The highest BCUT2D eigenvalue weighted by Gasteiger charge is 2.54. The van der Waals surface area contributed by atoms with E-state index in [1.165, 1.54) is 37.2 Å². The summed E-state index contributed by atoms with van der Waals surface area (Å²) in [6, 6.07) is 8.83. The molecule has 0 aliphatic carbocycles. The van der Waals surface area contributed by atoms with E-state index < -0.39 is 0 Å². The normalized spacial score (nSPS) is 32.8. The molecule has 1 amide bonds. The van der Waals surface area contributed by atoms with Crippen LogP contribution in [0.15, 0.2) is 33.8 Å². The third kappa shape index (κ3) is 2.14. The third-order valence-corrected chi connectivity index (χ3v) is 5.91. The first kappa shape index (κ1) is 14.4. The molecule has 1 aromatic rings. The zero-order valence-corrected chi connectivity index (χ0v) is 14.3. The fourth-order valence-electron chi connectivity index (χ4n) is 4.28. The van der Waals surface area contributed by atoms with Crippen molar-refractivity contribution < 1.29 is 9.69 Å². The van der Waals surface area contributed by atoms with Crippen molar-refractivity contribution in [1.82, 2.24) is 5.01 Å². The van der Waals surface area contributed by atoms with Crippen LogP contribution in [0.4, 0.5) is 0 Å². The quantitative estimate of drug-likeness (QED) is 0.855. The van der Waals surface area contributed by atoms with E-state index in [0.717, 1.165) is 4.47 Å². The standard InChI is InChI=1S/C17H20BrN3O/c1-2-14(22)21-16(12-3-5-13(18)6-4-12)17-15(19-21)11-7-9-20(17)10-8-11/h3-6,11,16-17H,2,7-10H2,1H3/p+1/t16-,17-/m1/s1. The molecule has 0 saturated carbocycles. The van der Waals surface area contributed by atoms with Crippen molar-refractivity contribution in [3.63, 3.8) is 0 Å². The van der Waals surface area contributed by atoms with Gasteiger partial charge < -0.3 is 4.90 Å². The van der Waals surface area contributed by atoms with Crippen LogP contribution in [0, 0.1) is 5.92 Å². The largest absolute Gasteiger partial charge is 0.326 e. The third-order valence-electron chi connectivity index (χ3n) is 5.38. The fraction of sp³-hybridized carbons (Fsp3) is 0.529. The molecule has 1 aromatic carbocycles. The summed E-state index contributed by atoms with van der Waals surface area (Å²) in [5, 5.41) is 6.60. The van der Waals surface area contributed by atoms with Gasteiger partial charge in [-0.05, 0) is 17.7 Å². The number of nitrogens with one attached hydrogen (secondary N) is 1. The molecule has 2 atom stereocenters. The van der Waals surface area contributed by atoms with Gasteiger partial charge in [-0.2, -0.15) is 5.10 Å². The Balaban J connectivity index is 1.76. The molecule has 0 aromatic heterocycles. The number of halogens is 1. The number of nitrogens with zero attached hydrogens (tertiary/aromatic N) is 2. The number of fused-ring (bicyclic) bond motifs is 2. The summed E-state index contributed by atoms with van der Waals surface area (Å²) < 4.78 is 1.07. The summed E-state index contributed by atoms with van der Waals surface area (Å²) in [6.07, 6.45) is 2.97. The maximum Gasteiger partial charge on any atom is 0.243 e. The molecule has 0 spiro atoms. The van der Waals surface area contributed by atoms with Crippen LogP contribution in [0.2, 0.25) is 0 Å². The van der Waals surface area contributed by atoms with Gasteiger partial charge in [-0.1, -0.05) is 35.0 Å². The van der Waals surface area contributed by atoms with Gasteiger partial charge in [-0.15, -0.1) is 0 Å². The molecule has 22 heavy (non-hydrogen) atoms. The van der Waals surface area contributed by atoms with E-state index in [0.29, 0.717) is 18.4 Å². The van der Waals surface area contributed by atoms with Gasteiger partial charge in [0.05, 0.1) is 13.1 Å². The van der Waals surface area contributed by atoms with Crippen molar-refractivity contribution in [3.8, 4) is 0 Å². The number of rotatable bonds is 2. The number of benzene rings is 1. The molecule has 2 bridgehead atoms. The van der Waals surface area contributed by atoms with Crippen LogP contribution >= 0.6 is 15.9 Å². The lowest BCUT2D eigenvalue weighted by Gasteiger charge is -2.42. The molecule has 4 nitrogen and oxygen atoms in total. The highest BCUT2D eigenvalue weighted by atomic mass is 79.9. The number of amides is 1. The Kier molecular flexibility index (Phi) is 3.57. The molecule has 3 saturated heterocycles. The van der Waals surface area contributed by atoms with Gasteiger partial charge in [0.1, 0.15) is 11.8 Å².